The van der Waals surface area contributed by atoms with Crippen LogP contribution in [-0.4, -0.2) is 28.2 Å². The number of nitrogens with one attached hydrogen (secondary N) is 1. The second kappa shape index (κ2) is 8.11. The molecule has 146 valence electrons. The van der Waals surface area contributed by atoms with Gasteiger partial charge in [-0.2, -0.15) is 0 Å². The number of aromatic nitrogens is 2. The van der Waals surface area contributed by atoms with Gasteiger partial charge >= 0.3 is 0 Å². The Hall–Kier alpha value is -2.08. The van der Waals surface area contributed by atoms with Crippen molar-refractivity contribution in [3.8, 4) is 0 Å². The summed E-state index contributed by atoms with van der Waals surface area (Å²) in [7, 11) is 0. The molecule has 2 heterocycles. The van der Waals surface area contributed by atoms with Gasteiger partial charge in [-0.1, -0.05) is 41.4 Å². The van der Waals surface area contributed by atoms with Crippen molar-refractivity contribution in [2.24, 2.45) is 0 Å². The van der Waals surface area contributed by atoms with E-state index in [0.717, 1.165) is 35.3 Å². The fourth-order valence-corrected chi connectivity index (χ4v) is 3.89. The quantitative estimate of drug-likeness (QED) is 0.651. The molecule has 0 bridgehead atoms. The van der Waals surface area contributed by atoms with Crippen LogP contribution in [0.4, 0.5) is 0 Å². The number of halogens is 2. The van der Waals surface area contributed by atoms with Gasteiger partial charge in [-0.3, -0.25) is 4.79 Å². The summed E-state index contributed by atoms with van der Waals surface area (Å²) >= 11 is 12.2. The fourth-order valence-electron chi connectivity index (χ4n) is 3.57. The number of fused-ring (bicyclic) bond motifs is 1. The molecule has 28 heavy (non-hydrogen) atoms. The van der Waals surface area contributed by atoms with E-state index in [1.54, 1.807) is 6.07 Å². The number of carbonyl (C=O) groups is 1. The van der Waals surface area contributed by atoms with Crippen molar-refractivity contribution in [1.29, 1.82) is 0 Å². The lowest BCUT2D eigenvalue weighted by Gasteiger charge is -2.18. The molecular formula is C21H21Cl2N3O2. The first-order valence-corrected chi connectivity index (χ1v) is 10.1. The van der Waals surface area contributed by atoms with Crippen LogP contribution >= 0.6 is 23.2 Å². The fraction of sp³-hybridized carbons (Fsp3) is 0.333. The Labute approximate surface area is 173 Å². The second-order valence-corrected chi connectivity index (χ2v) is 7.84. The molecular weight excluding hydrogens is 397 g/mol. The zero-order chi connectivity index (χ0) is 19.7. The highest BCUT2D eigenvalue weighted by molar-refractivity contribution is 6.42. The third-order valence-electron chi connectivity index (χ3n) is 4.98. The molecule has 0 spiro atoms. The Morgan fingerprint density at radius 2 is 2.11 bits per heavy atom. The van der Waals surface area contributed by atoms with Crippen molar-refractivity contribution < 1.29 is 9.53 Å². The molecule has 4 rings (SSSR count). The third kappa shape index (κ3) is 3.88. The number of rotatable bonds is 5. The summed E-state index contributed by atoms with van der Waals surface area (Å²) in [5.74, 6) is 0.705. The average Bonchev–Trinajstić information content (AvgIpc) is 3.33. The molecule has 0 radical (unpaired) electrons. The Bertz CT molecular complexity index is 1010. The van der Waals surface area contributed by atoms with Crippen LogP contribution in [0.25, 0.3) is 11.0 Å². The highest BCUT2D eigenvalue weighted by Gasteiger charge is 2.26. The van der Waals surface area contributed by atoms with E-state index in [0.29, 0.717) is 23.2 Å². The van der Waals surface area contributed by atoms with Crippen LogP contribution in [0.2, 0.25) is 10.0 Å². The van der Waals surface area contributed by atoms with Gasteiger partial charge in [-0.05, 0) is 49.6 Å². The molecule has 2 aromatic carbocycles. The SMILES string of the molecule is CC(NC(=O)C1CCCO1)c1nc2ccccc2n1Cc1ccc(Cl)c(Cl)c1. The van der Waals surface area contributed by atoms with E-state index in [9.17, 15) is 4.79 Å². The summed E-state index contributed by atoms with van der Waals surface area (Å²) in [6, 6.07) is 13.3. The predicted octanol–water partition coefficient (Wildman–Crippen LogP) is 4.75. The summed E-state index contributed by atoms with van der Waals surface area (Å²) in [6.07, 6.45) is 1.32. The van der Waals surface area contributed by atoms with Crippen LogP contribution in [0.3, 0.4) is 0 Å². The highest BCUT2D eigenvalue weighted by Crippen LogP contribution is 2.26. The van der Waals surface area contributed by atoms with Crippen LogP contribution in [0.1, 0.15) is 37.2 Å². The van der Waals surface area contributed by atoms with Gasteiger partial charge in [-0.15, -0.1) is 0 Å². The molecule has 2 atom stereocenters. The molecule has 0 saturated carbocycles. The zero-order valence-electron chi connectivity index (χ0n) is 15.5. The van der Waals surface area contributed by atoms with Gasteiger partial charge in [0.25, 0.3) is 0 Å². The van der Waals surface area contributed by atoms with Gasteiger partial charge in [0.15, 0.2) is 0 Å². The standard InChI is InChI=1S/C21H21Cl2N3O2/c1-13(24-21(27)19-7-4-10-28-19)20-25-17-5-2-3-6-18(17)26(20)12-14-8-9-15(22)16(23)11-14/h2-3,5-6,8-9,11,13,19H,4,7,10,12H2,1H3,(H,24,27). The topological polar surface area (TPSA) is 56.1 Å². The van der Waals surface area contributed by atoms with Gasteiger partial charge in [-0.25, -0.2) is 4.98 Å². The van der Waals surface area contributed by atoms with Crippen LogP contribution in [0.15, 0.2) is 42.5 Å². The van der Waals surface area contributed by atoms with Gasteiger partial charge in [0.05, 0.1) is 27.1 Å². The first-order chi connectivity index (χ1) is 13.5. The number of carbonyl (C=O) groups excluding carboxylic acids is 1. The maximum atomic E-state index is 12.5. The monoisotopic (exact) mass is 417 g/mol. The summed E-state index contributed by atoms with van der Waals surface area (Å²) in [6.45, 7) is 3.16. The van der Waals surface area contributed by atoms with Crippen LogP contribution < -0.4 is 5.32 Å². The molecule has 1 fully saturated rings. The maximum Gasteiger partial charge on any atom is 0.249 e. The first kappa shape index (κ1) is 19.2. The van der Waals surface area contributed by atoms with Crippen molar-refractivity contribution in [3.63, 3.8) is 0 Å². The van der Waals surface area contributed by atoms with E-state index in [1.165, 1.54) is 0 Å². The molecule has 7 heteroatoms. The van der Waals surface area contributed by atoms with E-state index < -0.39 is 0 Å². The third-order valence-corrected chi connectivity index (χ3v) is 5.72. The molecule has 3 aromatic rings. The summed E-state index contributed by atoms with van der Waals surface area (Å²) in [4.78, 5) is 17.3. The van der Waals surface area contributed by atoms with Crippen molar-refractivity contribution >= 4 is 40.1 Å². The van der Waals surface area contributed by atoms with Crippen LogP contribution in [0, 0.1) is 0 Å². The number of ether oxygens (including phenoxy) is 1. The maximum absolute atomic E-state index is 12.5. The predicted molar refractivity (Wildman–Crippen MR) is 111 cm³/mol. The summed E-state index contributed by atoms with van der Waals surface area (Å²) < 4.78 is 7.60. The van der Waals surface area contributed by atoms with Crippen molar-refractivity contribution in [1.82, 2.24) is 14.9 Å². The molecule has 1 amide bonds. The van der Waals surface area contributed by atoms with E-state index in [2.05, 4.69) is 9.88 Å². The molecule has 1 aliphatic heterocycles. The number of para-hydroxylation sites is 2. The lowest BCUT2D eigenvalue weighted by molar-refractivity contribution is -0.130. The van der Waals surface area contributed by atoms with Gasteiger partial charge < -0.3 is 14.6 Å². The zero-order valence-corrected chi connectivity index (χ0v) is 17.0. The molecule has 1 aromatic heterocycles. The van der Waals surface area contributed by atoms with E-state index in [1.807, 2.05) is 43.3 Å². The number of amides is 1. The summed E-state index contributed by atoms with van der Waals surface area (Å²) in [5.41, 5.74) is 2.90. The van der Waals surface area contributed by atoms with Crippen LogP contribution in [0.5, 0.6) is 0 Å². The van der Waals surface area contributed by atoms with Gasteiger partial charge in [0.2, 0.25) is 5.91 Å². The highest BCUT2D eigenvalue weighted by atomic mass is 35.5. The minimum atomic E-state index is -0.365. The normalized spacial score (nSPS) is 17.8. The average molecular weight is 418 g/mol. The Morgan fingerprint density at radius 3 is 2.86 bits per heavy atom. The minimum absolute atomic E-state index is 0.0851. The molecule has 1 saturated heterocycles. The van der Waals surface area contributed by atoms with Gasteiger partial charge in [0, 0.05) is 13.2 Å². The van der Waals surface area contributed by atoms with Crippen molar-refractivity contribution in [2.45, 2.75) is 38.5 Å². The number of hydrogen-bond donors (Lipinski definition) is 1. The Morgan fingerprint density at radius 1 is 1.29 bits per heavy atom. The van der Waals surface area contributed by atoms with Gasteiger partial charge in [0.1, 0.15) is 11.9 Å². The molecule has 1 N–H and O–H groups in total. The molecule has 2 unspecified atom stereocenters. The van der Waals surface area contributed by atoms with Crippen molar-refractivity contribution in [2.75, 3.05) is 6.61 Å². The van der Waals surface area contributed by atoms with E-state index in [-0.39, 0.29) is 18.1 Å². The number of benzene rings is 2. The molecule has 0 aliphatic carbocycles. The summed E-state index contributed by atoms with van der Waals surface area (Å²) in [5, 5.41) is 4.10. The first-order valence-electron chi connectivity index (χ1n) is 9.34. The smallest absolute Gasteiger partial charge is 0.249 e. The van der Waals surface area contributed by atoms with Crippen molar-refractivity contribution in [3.05, 3.63) is 63.9 Å². The lowest BCUT2D eigenvalue weighted by atomic mass is 10.2. The largest absolute Gasteiger partial charge is 0.368 e. The minimum Gasteiger partial charge on any atom is -0.368 e. The second-order valence-electron chi connectivity index (χ2n) is 7.03. The Kier molecular flexibility index (Phi) is 5.58. The van der Waals surface area contributed by atoms with E-state index >= 15 is 0 Å². The number of nitrogens with zero attached hydrogens (tertiary/aromatic N) is 2. The molecule has 5 nitrogen and oxygen atoms in total. The number of hydrogen-bond acceptors (Lipinski definition) is 3. The Balaban J connectivity index is 1.66. The van der Waals surface area contributed by atoms with Crippen LogP contribution in [-0.2, 0) is 16.1 Å². The number of imidazole rings is 1. The lowest BCUT2D eigenvalue weighted by Crippen LogP contribution is -2.36. The van der Waals surface area contributed by atoms with E-state index in [4.69, 9.17) is 32.9 Å². The molecule has 1 aliphatic rings.